The highest BCUT2D eigenvalue weighted by Crippen LogP contribution is 2.22. The minimum Gasteiger partial charge on any atom is -0.388 e. The van der Waals surface area contributed by atoms with Gasteiger partial charge in [0.15, 0.2) is 12.4 Å². The number of hydrogen-bond donors (Lipinski definition) is 0. The summed E-state index contributed by atoms with van der Waals surface area (Å²) in [5.74, 6) is 0.626. The average Bonchev–Trinajstić information content (AvgIpc) is 3.45. The van der Waals surface area contributed by atoms with E-state index in [0.717, 1.165) is 5.56 Å². The number of ether oxygens (including phenoxy) is 1. The molecule has 160 valence electrons. The topological polar surface area (TPSA) is 113 Å². The fourth-order valence-corrected chi connectivity index (χ4v) is 4.74. The van der Waals surface area contributed by atoms with Crippen molar-refractivity contribution >= 4 is 21.1 Å². The lowest BCUT2D eigenvalue weighted by molar-refractivity contribution is 0.0713. The average molecular weight is 441 g/mol. The Morgan fingerprint density at radius 3 is 2.65 bits per heavy atom. The zero-order valence-corrected chi connectivity index (χ0v) is 17.2. The molecule has 0 radical (unpaired) electrons. The number of nitrogens with zero attached hydrogens (tertiary/aromatic N) is 5. The molecule has 0 bridgehead atoms. The van der Waals surface area contributed by atoms with Gasteiger partial charge in [0.25, 0.3) is 0 Å². The van der Waals surface area contributed by atoms with Crippen LogP contribution in [0.4, 0.5) is 0 Å². The van der Waals surface area contributed by atoms with Gasteiger partial charge in [-0.25, -0.2) is 8.42 Å². The van der Waals surface area contributed by atoms with E-state index in [-0.39, 0.29) is 11.5 Å². The molecule has 0 atom stereocenters. The van der Waals surface area contributed by atoms with Crippen LogP contribution in [-0.4, -0.2) is 59.3 Å². The molecule has 0 N–H and O–H groups in total. The Labute approximate surface area is 178 Å². The molecule has 0 saturated carbocycles. The molecule has 1 saturated heterocycles. The third kappa shape index (κ3) is 3.90. The maximum Gasteiger partial charge on any atom is 0.243 e. The van der Waals surface area contributed by atoms with Gasteiger partial charge in [0.2, 0.25) is 10.0 Å². The number of rotatable bonds is 6. The summed E-state index contributed by atoms with van der Waals surface area (Å²) in [6, 6.07) is 16.0. The fraction of sp³-hybridized carbons (Fsp3) is 0.250. The van der Waals surface area contributed by atoms with Crippen LogP contribution in [0.25, 0.3) is 22.4 Å². The SMILES string of the molecule is O=S(=O)(c1ccc2nnn(OCc3cc(-c4ccccc4)on3)c2c1)N1CCOCC1. The predicted octanol–water partition coefficient (Wildman–Crippen LogP) is 1.74. The van der Waals surface area contributed by atoms with Gasteiger partial charge >= 0.3 is 0 Å². The van der Waals surface area contributed by atoms with Gasteiger partial charge in [-0.2, -0.15) is 4.31 Å². The standard InChI is InChI=1S/C20H19N5O5S/c26-31(27,24-8-10-28-11-9-24)17-6-7-18-19(13-17)25(23-21-18)29-14-16-12-20(30-22-16)15-4-2-1-3-5-15/h1-7,12-13H,8-11,14H2. The Morgan fingerprint density at radius 2 is 1.84 bits per heavy atom. The molecule has 10 nitrogen and oxygen atoms in total. The Morgan fingerprint density at radius 1 is 1.03 bits per heavy atom. The highest BCUT2D eigenvalue weighted by Gasteiger charge is 2.27. The van der Waals surface area contributed by atoms with Crippen molar-refractivity contribution in [2.45, 2.75) is 11.5 Å². The van der Waals surface area contributed by atoms with Gasteiger partial charge in [-0.05, 0) is 23.4 Å². The van der Waals surface area contributed by atoms with Crippen LogP contribution in [0.2, 0.25) is 0 Å². The molecule has 0 spiro atoms. The van der Waals surface area contributed by atoms with Crippen LogP contribution in [0.1, 0.15) is 5.69 Å². The smallest absolute Gasteiger partial charge is 0.243 e. The molecule has 4 aromatic rings. The largest absolute Gasteiger partial charge is 0.388 e. The van der Waals surface area contributed by atoms with Gasteiger partial charge < -0.3 is 14.1 Å². The second-order valence-corrected chi connectivity index (χ2v) is 8.89. The van der Waals surface area contributed by atoms with Crippen LogP contribution < -0.4 is 4.84 Å². The summed E-state index contributed by atoms with van der Waals surface area (Å²) in [5, 5.41) is 12.0. The monoisotopic (exact) mass is 441 g/mol. The molecule has 1 aliphatic rings. The van der Waals surface area contributed by atoms with E-state index in [1.165, 1.54) is 21.3 Å². The molecule has 0 amide bonds. The second kappa shape index (κ2) is 8.10. The minimum atomic E-state index is -3.64. The Balaban J connectivity index is 1.36. The Bertz CT molecular complexity index is 1300. The summed E-state index contributed by atoms with van der Waals surface area (Å²) >= 11 is 0. The summed E-state index contributed by atoms with van der Waals surface area (Å²) < 4.78 is 37.9. The van der Waals surface area contributed by atoms with Crippen molar-refractivity contribution < 1.29 is 22.5 Å². The number of aromatic nitrogens is 4. The van der Waals surface area contributed by atoms with Crippen molar-refractivity contribution in [2.24, 2.45) is 0 Å². The maximum absolute atomic E-state index is 12.9. The van der Waals surface area contributed by atoms with E-state index in [1.54, 1.807) is 12.1 Å². The maximum atomic E-state index is 12.9. The van der Waals surface area contributed by atoms with Crippen LogP contribution in [0, 0.1) is 0 Å². The van der Waals surface area contributed by atoms with E-state index in [2.05, 4.69) is 15.5 Å². The Kier molecular flexibility index (Phi) is 5.14. The summed E-state index contributed by atoms with van der Waals surface area (Å²) in [7, 11) is -3.64. The van der Waals surface area contributed by atoms with Gasteiger partial charge in [-0.3, -0.25) is 0 Å². The molecule has 2 aromatic heterocycles. The van der Waals surface area contributed by atoms with Crippen LogP contribution in [0.15, 0.2) is 64.0 Å². The zero-order chi connectivity index (χ0) is 21.3. The molecule has 11 heteroatoms. The van der Waals surface area contributed by atoms with E-state index in [4.69, 9.17) is 14.1 Å². The highest BCUT2D eigenvalue weighted by atomic mass is 32.2. The van der Waals surface area contributed by atoms with Crippen molar-refractivity contribution in [3.05, 3.63) is 60.3 Å². The van der Waals surface area contributed by atoms with Gasteiger partial charge in [-0.1, -0.05) is 40.3 Å². The second-order valence-electron chi connectivity index (χ2n) is 6.95. The normalized spacial score (nSPS) is 15.4. The lowest BCUT2D eigenvalue weighted by atomic mass is 10.2. The van der Waals surface area contributed by atoms with Crippen LogP contribution >= 0.6 is 0 Å². The number of benzene rings is 2. The molecule has 31 heavy (non-hydrogen) atoms. The van der Waals surface area contributed by atoms with Gasteiger partial charge in [0.05, 0.1) is 18.1 Å². The van der Waals surface area contributed by atoms with Crippen LogP contribution in [-0.2, 0) is 21.4 Å². The van der Waals surface area contributed by atoms with E-state index in [1.807, 2.05) is 30.3 Å². The summed E-state index contributed by atoms with van der Waals surface area (Å²) in [6.07, 6.45) is 0. The summed E-state index contributed by atoms with van der Waals surface area (Å²) in [5.41, 5.74) is 2.44. The Hall–Kier alpha value is -3.28. The number of morpholine rings is 1. The summed E-state index contributed by atoms with van der Waals surface area (Å²) in [4.78, 5) is 7.05. The van der Waals surface area contributed by atoms with Crippen molar-refractivity contribution in [3.8, 4) is 11.3 Å². The van der Waals surface area contributed by atoms with Crippen LogP contribution in [0.3, 0.4) is 0 Å². The first-order valence-corrected chi connectivity index (χ1v) is 11.1. The highest BCUT2D eigenvalue weighted by molar-refractivity contribution is 7.89. The van der Waals surface area contributed by atoms with E-state index in [9.17, 15) is 8.42 Å². The molecular weight excluding hydrogens is 422 g/mol. The van der Waals surface area contributed by atoms with Gasteiger partial charge in [0.1, 0.15) is 16.7 Å². The van der Waals surface area contributed by atoms with Crippen molar-refractivity contribution in [1.82, 2.24) is 24.6 Å². The lowest BCUT2D eigenvalue weighted by Gasteiger charge is -2.26. The third-order valence-electron chi connectivity index (χ3n) is 4.95. The quantitative estimate of drug-likeness (QED) is 0.445. The molecule has 1 aliphatic heterocycles. The summed E-state index contributed by atoms with van der Waals surface area (Å²) in [6.45, 7) is 1.49. The predicted molar refractivity (Wildman–Crippen MR) is 109 cm³/mol. The molecular formula is C20H19N5O5S. The van der Waals surface area contributed by atoms with Crippen molar-refractivity contribution in [1.29, 1.82) is 0 Å². The van der Waals surface area contributed by atoms with Gasteiger partial charge in [-0.15, -0.1) is 5.10 Å². The minimum absolute atomic E-state index is 0.0786. The van der Waals surface area contributed by atoms with Crippen LogP contribution in [0.5, 0.6) is 0 Å². The number of sulfonamides is 1. The molecule has 0 unspecified atom stereocenters. The van der Waals surface area contributed by atoms with Gasteiger partial charge in [0, 0.05) is 24.7 Å². The number of hydrogen-bond acceptors (Lipinski definition) is 8. The van der Waals surface area contributed by atoms with E-state index >= 15 is 0 Å². The molecule has 1 fully saturated rings. The molecule has 2 aromatic carbocycles. The first kappa shape index (κ1) is 19.7. The van der Waals surface area contributed by atoms with Crippen molar-refractivity contribution in [3.63, 3.8) is 0 Å². The lowest BCUT2D eigenvalue weighted by Crippen LogP contribution is -2.40. The first-order valence-electron chi connectivity index (χ1n) is 9.69. The molecule has 3 heterocycles. The third-order valence-corrected chi connectivity index (χ3v) is 6.84. The zero-order valence-electron chi connectivity index (χ0n) is 16.4. The molecule has 0 aliphatic carbocycles. The van der Waals surface area contributed by atoms with E-state index < -0.39 is 10.0 Å². The number of fused-ring (bicyclic) bond motifs is 1. The fourth-order valence-electron chi connectivity index (χ4n) is 3.32. The first-order chi connectivity index (χ1) is 15.1. The van der Waals surface area contributed by atoms with Crippen molar-refractivity contribution in [2.75, 3.05) is 26.3 Å². The van der Waals surface area contributed by atoms with E-state index in [0.29, 0.717) is 48.8 Å². The molecule has 5 rings (SSSR count).